The van der Waals surface area contributed by atoms with Crippen LogP contribution in [0.2, 0.25) is 0 Å². The first-order valence-electron chi connectivity index (χ1n) is 2.20. The summed E-state index contributed by atoms with van der Waals surface area (Å²) in [7, 11) is 0. The van der Waals surface area contributed by atoms with Gasteiger partial charge in [0.1, 0.15) is 6.29 Å². The molecule has 0 aliphatic heterocycles. The quantitative estimate of drug-likeness (QED) is 0.327. The molecule has 0 N–H and O–H groups in total. The van der Waals surface area contributed by atoms with Gasteiger partial charge < -0.3 is 9.59 Å². The van der Waals surface area contributed by atoms with Gasteiger partial charge in [-0.2, -0.15) is 6.42 Å². The molecule has 0 unspecified atom stereocenters. The van der Waals surface area contributed by atoms with E-state index >= 15 is 0 Å². The summed E-state index contributed by atoms with van der Waals surface area (Å²) in [4.78, 5) is 19.0. The van der Waals surface area contributed by atoms with Gasteiger partial charge in [-0.3, -0.25) is 6.29 Å². The first-order valence-corrected chi connectivity index (χ1v) is 2.20. The maximum atomic E-state index is 9.55. The Morgan fingerprint density at radius 2 is 2.12 bits per heavy atom. The molecule has 0 amide bonds. The van der Waals surface area contributed by atoms with Gasteiger partial charge in [0.2, 0.25) is 0 Å². The van der Waals surface area contributed by atoms with Crippen molar-refractivity contribution >= 4 is 12.6 Å². The summed E-state index contributed by atoms with van der Waals surface area (Å²) in [5, 5.41) is 0. The Hall–Kier alpha value is 0.0803. The second kappa shape index (κ2) is 10.1. The second-order valence-corrected chi connectivity index (χ2v) is 1.20. The number of carbonyl (C=O) groups is 1. The van der Waals surface area contributed by atoms with Crippen LogP contribution < -0.4 is 0 Å². The molecule has 2 nitrogen and oxygen atoms in total. The normalized spacial score (nSPS) is 7.00. The zero-order chi connectivity index (χ0) is 5.54. The molecule has 0 heterocycles. The number of hydrogen-bond donors (Lipinski definition) is 0. The molecule has 50 valence electrons. The molecular weight excluding hydrogens is 289 g/mol. The standard InChI is InChI=1S/C5H7O2.Au/c6-4-2-1-3-5-7;/h4H,1-3H2;/q-1;+1. The van der Waals surface area contributed by atoms with Crippen LogP contribution in [-0.4, -0.2) is 12.6 Å². The smallest absolute Gasteiger partial charge is 0.542 e. The van der Waals surface area contributed by atoms with E-state index in [0.717, 1.165) is 6.29 Å². The van der Waals surface area contributed by atoms with Gasteiger partial charge in [0.25, 0.3) is 0 Å². The third-order valence-corrected chi connectivity index (χ3v) is 0.601. The van der Waals surface area contributed by atoms with Crippen LogP contribution in [0.4, 0.5) is 0 Å². The number of rotatable bonds is 4. The van der Waals surface area contributed by atoms with E-state index in [-0.39, 0.29) is 22.4 Å². The Labute approximate surface area is 64.2 Å². The molecule has 0 saturated heterocycles. The van der Waals surface area contributed by atoms with Crippen molar-refractivity contribution in [3.63, 3.8) is 0 Å². The molecule has 0 rings (SSSR count). The van der Waals surface area contributed by atoms with Crippen LogP contribution in [0.5, 0.6) is 0 Å². The molecule has 0 radical (unpaired) electrons. The van der Waals surface area contributed by atoms with Crippen LogP contribution in [0.3, 0.4) is 0 Å². The zero-order valence-corrected chi connectivity index (χ0v) is 6.48. The molecule has 3 heteroatoms. The second-order valence-electron chi connectivity index (χ2n) is 1.20. The van der Waals surface area contributed by atoms with Crippen LogP contribution in [0, 0.1) is 0 Å². The average molecular weight is 296 g/mol. The summed E-state index contributed by atoms with van der Waals surface area (Å²) in [5.41, 5.74) is 0. The van der Waals surface area contributed by atoms with E-state index < -0.39 is 0 Å². The number of unbranched alkanes of at least 4 members (excludes halogenated alkanes) is 2. The number of carbonyl (C=O) groups excluding carboxylic acids is 2. The number of hydrogen-bond acceptors (Lipinski definition) is 2. The predicted molar refractivity (Wildman–Crippen MR) is 25.6 cm³/mol. The molecule has 0 fully saturated rings. The number of aldehydes is 1. The van der Waals surface area contributed by atoms with Crippen LogP contribution in [-0.2, 0) is 32.0 Å². The van der Waals surface area contributed by atoms with Crippen molar-refractivity contribution in [2.45, 2.75) is 19.3 Å². The zero-order valence-electron chi connectivity index (χ0n) is 4.32. The molecule has 8 heavy (non-hydrogen) atoms. The van der Waals surface area contributed by atoms with Crippen molar-refractivity contribution in [1.82, 2.24) is 0 Å². The fourth-order valence-electron chi connectivity index (χ4n) is 0.258. The van der Waals surface area contributed by atoms with Crippen molar-refractivity contribution < 1.29 is 32.0 Å². The summed E-state index contributed by atoms with van der Waals surface area (Å²) >= 11 is 0. The molecule has 0 atom stereocenters. The Kier molecular flexibility index (Phi) is 13.9. The first-order chi connectivity index (χ1) is 3.41. The van der Waals surface area contributed by atoms with Gasteiger partial charge in [0, 0.05) is 6.42 Å². The Bertz CT molecular complexity index is 55.4. The molecular formula is C5H7AuO2. The fraction of sp³-hybridized carbons (Fsp3) is 0.600. The van der Waals surface area contributed by atoms with Crippen molar-refractivity contribution in [1.29, 1.82) is 0 Å². The minimum absolute atomic E-state index is 0. The van der Waals surface area contributed by atoms with Crippen molar-refractivity contribution in [3.8, 4) is 0 Å². The predicted octanol–water partition coefficient (Wildman–Crippen LogP) is 0.463. The minimum Gasteiger partial charge on any atom is -0.542 e. The van der Waals surface area contributed by atoms with E-state index in [4.69, 9.17) is 0 Å². The van der Waals surface area contributed by atoms with E-state index in [1.807, 2.05) is 0 Å². The van der Waals surface area contributed by atoms with Gasteiger partial charge in [0.05, 0.1) is 0 Å². The van der Waals surface area contributed by atoms with Crippen molar-refractivity contribution in [2.24, 2.45) is 0 Å². The average Bonchev–Trinajstić information content (AvgIpc) is 1.69. The summed E-state index contributed by atoms with van der Waals surface area (Å²) in [6.07, 6.45) is 4.01. The van der Waals surface area contributed by atoms with Crippen LogP contribution in [0.15, 0.2) is 0 Å². The van der Waals surface area contributed by atoms with E-state index in [0.29, 0.717) is 19.3 Å². The fourth-order valence-corrected chi connectivity index (χ4v) is 0.258. The molecule has 0 aromatic rings. The van der Waals surface area contributed by atoms with Gasteiger partial charge >= 0.3 is 22.4 Å². The largest absolute Gasteiger partial charge is 1.00 e. The maximum Gasteiger partial charge on any atom is 1.00 e. The molecule has 0 aromatic heterocycles. The maximum absolute atomic E-state index is 9.55. The Morgan fingerprint density at radius 3 is 2.50 bits per heavy atom. The minimum atomic E-state index is 0. The molecule has 0 bridgehead atoms. The van der Waals surface area contributed by atoms with Crippen molar-refractivity contribution in [3.05, 3.63) is 0 Å². The molecule has 0 aromatic carbocycles. The van der Waals surface area contributed by atoms with Gasteiger partial charge in [-0.25, -0.2) is 0 Å². The van der Waals surface area contributed by atoms with Crippen LogP contribution >= 0.6 is 0 Å². The summed E-state index contributed by atoms with van der Waals surface area (Å²) in [5.74, 6) is 0. The van der Waals surface area contributed by atoms with Gasteiger partial charge in [-0.15, -0.1) is 0 Å². The SMILES string of the molecule is O=[C-]CCCC=O.[Au+]. The van der Waals surface area contributed by atoms with Gasteiger partial charge in [-0.05, 0) is 0 Å². The monoisotopic (exact) mass is 296 g/mol. The topological polar surface area (TPSA) is 34.1 Å². The summed E-state index contributed by atoms with van der Waals surface area (Å²) in [6, 6.07) is 0. The van der Waals surface area contributed by atoms with E-state index in [1.165, 1.54) is 0 Å². The molecule has 0 aliphatic carbocycles. The third kappa shape index (κ3) is 9.43. The molecule has 0 aliphatic rings. The van der Waals surface area contributed by atoms with Crippen LogP contribution in [0.25, 0.3) is 0 Å². The van der Waals surface area contributed by atoms with Crippen molar-refractivity contribution in [2.75, 3.05) is 0 Å². The third-order valence-electron chi connectivity index (χ3n) is 0.601. The first kappa shape index (κ1) is 11.0. The van der Waals surface area contributed by atoms with E-state index in [1.54, 1.807) is 6.29 Å². The Morgan fingerprint density at radius 1 is 1.50 bits per heavy atom. The summed E-state index contributed by atoms with van der Waals surface area (Å²) < 4.78 is 0. The van der Waals surface area contributed by atoms with E-state index in [9.17, 15) is 9.59 Å². The van der Waals surface area contributed by atoms with Gasteiger partial charge in [0.15, 0.2) is 0 Å². The summed E-state index contributed by atoms with van der Waals surface area (Å²) in [6.45, 7) is 0. The van der Waals surface area contributed by atoms with Crippen LogP contribution in [0.1, 0.15) is 19.3 Å². The Balaban J connectivity index is 0. The molecule has 0 spiro atoms. The van der Waals surface area contributed by atoms with E-state index in [2.05, 4.69) is 0 Å². The van der Waals surface area contributed by atoms with Gasteiger partial charge in [-0.1, -0.05) is 6.42 Å². The molecule has 0 saturated carbocycles.